The van der Waals surface area contributed by atoms with Crippen LogP contribution >= 0.6 is 23.2 Å². The Kier molecular flexibility index (Phi) is 11.3. The molecule has 0 spiro atoms. The minimum atomic E-state index is -3.62. The Morgan fingerprint density at radius 2 is 1.64 bits per heavy atom. The van der Waals surface area contributed by atoms with Gasteiger partial charge in [-0.15, -0.1) is 0 Å². The molecule has 1 N–H and O–H groups in total. The molecule has 1 saturated carbocycles. The lowest BCUT2D eigenvalue weighted by atomic mass is 10.0. The van der Waals surface area contributed by atoms with Crippen molar-refractivity contribution in [1.29, 1.82) is 0 Å². The van der Waals surface area contributed by atoms with E-state index in [0.717, 1.165) is 43.1 Å². The highest BCUT2D eigenvalue weighted by Crippen LogP contribution is 2.25. The molecule has 0 heterocycles. The summed E-state index contributed by atoms with van der Waals surface area (Å²) in [6.07, 6.45) is 5.75. The van der Waals surface area contributed by atoms with Gasteiger partial charge in [0.25, 0.3) is 0 Å². The summed E-state index contributed by atoms with van der Waals surface area (Å²) in [5, 5.41) is 4.12. The maximum atomic E-state index is 14.0. The van der Waals surface area contributed by atoms with Crippen LogP contribution in [0, 0.1) is 0 Å². The van der Waals surface area contributed by atoms with Gasteiger partial charge in [-0.1, -0.05) is 90.6 Å². The second-order valence-corrected chi connectivity index (χ2v) is 13.5. The molecule has 10 heteroatoms. The zero-order chi connectivity index (χ0) is 30.1. The van der Waals surface area contributed by atoms with E-state index < -0.39 is 16.1 Å². The molecule has 0 aromatic heterocycles. The SMILES string of the molecule is CS(=O)(=O)N(CCCC(=O)N(Cc1ccccc1Cl)[C@@H](Cc1ccccc1)C(=O)NC1CCCC1)c1cccc(Cl)c1. The normalized spacial score (nSPS) is 14.4. The Balaban J connectivity index is 1.59. The molecule has 4 rings (SSSR count). The molecule has 2 amide bonds. The molecule has 1 fully saturated rings. The fourth-order valence-corrected chi connectivity index (χ4v) is 6.70. The number of carbonyl (C=O) groups is 2. The van der Waals surface area contributed by atoms with Crippen molar-refractivity contribution < 1.29 is 18.0 Å². The third kappa shape index (κ3) is 8.96. The van der Waals surface area contributed by atoms with Crippen LogP contribution in [0.1, 0.15) is 49.7 Å². The Bertz CT molecular complexity index is 1460. The standard InChI is InChI=1S/C32H37Cl2N3O4S/c1-42(40,41)37(28-17-9-14-26(33)22-28)20-10-19-31(38)36(23-25-13-5-8-18-29(25)34)30(21-24-11-3-2-4-12-24)32(39)35-27-15-6-7-16-27/h2-5,8-9,11-14,17-18,22,27,30H,6-7,10,15-16,19-21,23H2,1H3,(H,35,39)/t30-/m0/s1. The molecule has 0 radical (unpaired) electrons. The van der Waals surface area contributed by atoms with Gasteiger partial charge in [-0.05, 0) is 54.7 Å². The van der Waals surface area contributed by atoms with Gasteiger partial charge in [0.05, 0.1) is 11.9 Å². The van der Waals surface area contributed by atoms with Gasteiger partial charge in [-0.3, -0.25) is 13.9 Å². The number of rotatable bonds is 13. The van der Waals surface area contributed by atoms with Crippen LogP contribution in [-0.2, 0) is 32.6 Å². The number of benzene rings is 3. The van der Waals surface area contributed by atoms with Crippen molar-refractivity contribution in [2.24, 2.45) is 0 Å². The van der Waals surface area contributed by atoms with E-state index in [9.17, 15) is 18.0 Å². The molecule has 0 bridgehead atoms. The van der Waals surface area contributed by atoms with Gasteiger partial charge >= 0.3 is 0 Å². The lowest BCUT2D eigenvalue weighted by molar-refractivity contribution is -0.141. The van der Waals surface area contributed by atoms with Crippen molar-refractivity contribution in [3.63, 3.8) is 0 Å². The van der Waals surface area contributed by atoms with Crippen molar-refractivity contribution in [2.45, 2.75) is 63.6 Å². The van der Waals surface area contributed by atoms with Crippen LogP contribution in [0.5, 0.6) is 0 Å². The molecular weight excluding hydrogens is 593 g/mol. The largest absolute Gasteiger partial charge is 0.352 e. The third-order valence-corrected chi connectivity index (χ3v) is 9.32. The van der Waals surface area contributed by atoms with Gasteiger partial charge in [0.2, 0.25) is 21.8 Å². The van der Waals surface area contributed by atoms with E-state index in [-0.39, 0.29) is 43.8 Å². The predicted molar refractivity (Wildman–Crippen MR) is 169 cm³/mol. The second-order valence-electron chi connectivity index (χ2n) is 10.7. The highest BCUT2D eigenvalue weighted by Gasteiger charge is 2.32. The minimum absolute atomic E-state index is 0.0407. The summed E-state index contributed by atoms with van der Waals surface area (Å²) in [6.45, 7) is 0.237. The number of hydrogen-bond donors (Lipinski definition) is 1. The topological polar surface area (TPSA) is 86.8 Å². The van der Waals surface area contributed by atoms with E-state index in [2.05, 4.69) is 5.32 Å². The van der Waals surface area contributed by atoms with E-state index in [1.807, 2.05) is 48.5 Å². The summed E-state index contributed by atoms with van der Waals surface area (Å²) in [6, 6.07) is 22.8. The van der Waals surface area contributed by atoms with Crippen molar-refractivity contribution >= 4 is 50.7 Å². The lowest BCUT2D eigenvalue weighted by Crippen LogP contribution is -2.52. The van der Waals surface area contributed by atoms with E-state index in [4.69, 9.17) is 23.2 Å². The molecule has 1 aliphatic rings. The fourth-order valence-electron chi connectivity index (χ4n) is 5.37. The Labute approximate surface area is 258 Å². The summed E-state index contributed by atoms with van der Waals surface area (Å²) < 4.78 is 26.5. The van der Waals surface area contributed by atoms with E-state index in [1.54, 1.807) is 35.2 Å². The van der Waals surface area contributed by atoms with Crippen LogP contribution in [0.15, 0.2) is 78.9 Å². The number of carbonyl (C=O) groups excluding carboxylic acids is 2. The van der Waals surface area contributed by atoms with E-state index in [1.165, 1.54) is 4.31 Å². The quantitative estimate of drug-likeness (QED) is 0.242. The van der Waals surface area contributed by atoms with Crippen LogP contribution in [0.25, 0.3) is 0 Å². The second kappa shape index (κ2) is 14.9. The Morgan fingerprint density at radius 3 is 2.31 bits per heavy atom. The molecule has 1 aliphatic carbocycles. The van der Waals surface area contributed by atoms with Gasteiger partial charge in [0.1, 0.15) is 6.04 Å². The van der Waals surface area contributed by atoms with E-state index >= 15 is 0 Å². The van der Waals surface area contributed by atoms with Gasteiger partial charge < -0.3 is 10.2 Å². The summed E-state index contributed by atoms with van der Waals surface area (Å²) in [5.74, 6) is -0.445. The molecule has 3 aromatic rings. The molecule has 0 aliphatic heterocycles. The third-order valence-electron chi connectivity index (χ3n) is 7.52. The number of halogens is 2. The van der Waals surface area contributed by atoms with Crippen LogP contribution in [0.3, 0.4) is 0 Å². The Hall–Kier alpha value is -3.07. The molecule has 3 aromatic carbocycles. The maximum absolute atomic E-state index is 14.0. The van der Waals surface area contributed by atoms with Crippen LogP contribution < -0.4 is 9.62 Å². The zero-order valence-corrected chi connectivity index (χ0v) is 26.0. The number of amides is 2. The highest BCUT2D eigenvalue weighted by molar-refractivity contribution is 7.92. The first kappa shape index (κ1) is 31.9. The van der Waals surface area contributed by atoms with Crippen molar-refractivity contribution in [3.05, 3.63) is 100 Å². The van der Waals surface area contributed by atoms with Crippen molar-refractivity contribution in [1.82, 2.24) is 10.2 Å². The van der Waals surface area contributed by atoms with Gasteiger partial charge in [0, 0.05) is 42.0 Å². The molecule has 224 valence electrons. The first-order chi connectivity index (χ1) is 20.1. The van der Waals surface area contributed by atoms with Gasteiger partial charge in [-0.25, -0.2) is 8.42 Å². The summed E-state index contributed by atoms with van der Waals surface area (Å²) in [4.78, 5) is 29.4. The summed E-state index contributed by atoms with van der Waals surface area (Å²) in [5.41, 5.74) is 2.10. The number of anilines is 1. The first-order valence-corrected chi connectivity index (χ1v) is 16.8. The molecular formula is C32H37Cl2N3O4S. The number of sulfonamides is 1. The van der Waals surface area contributed by atoms with Gasteiger partial charge in [0.15, 0.2) is 0 Å². The first-order valence-electron chi connectivity index (χ1n) is 14.2. The maximum Gasteiger partial charge on any atom is 0.243 e. The predicted octanol–water partition coefficient (Wildman–Crippen LogP) is 6.24. The molecule has 0 unspecified atom stereocenters. The Morgan fingerprint density at radius 1 is 0.952 bits per heavy atom. The zero-order valence-electron chi connectivity index (χ0n) is 23.7. The molecule has 0 saturated heterocycles. The minimum Gasteiger partial charge on any atom is -0.352 e. The van der Waals surface area contributed by atoms with Crippen LogP contribution in [-0.4, -0.2) is 50.0 Å². The van der Waals surface area contributed by atoms with Gasteiger partial charge in [-0.2, -0.15) is 0 Å². The molecule has 7 nitrogen and oxygen atoms in total. The highest BCUT2D eigenvalue weighted by atomic mass is 35.5. The lowest BCUT2D eigenvalue weighted by Gasteiger charge is -2.33. The van der Waals surface area contributed by atoms with Crippen molar-refractivity contribution in [3.8, 4) is 0 Å². The summed E-state index contributed by atoms with van der Waals surface area (Å²) in [7, 11) is -3.62. The number of nitrogens with zero attached hydrogens (tertiary/aromatic N) is 2. The van der Waals surface area contributed by atoms with Crippen LogP contribution in [0.2, 0.25) is 10.0 Å². The number of nitrogens with one attached hydrogen (secondary N) is 1. The van der Waals surface area contributed by atoms with E-state index in [0.29, 0.717) is 22.2 Å². The smallest absolute Gasteiger partial charge is 0.243 e. The summed E-state index contributed by atoms with van der Waals surface area (Å²) >= 11 is 12.6. The molecule has 1 atom stereocenters. The average molecular weight is 631 g/mol. The van der Waals surface area contributed by atoms with Crippen LogP contribution in [0.4, 0.5) is 5.69 Å². The van der Waals surface area contributed by atoms with Crippen molar-refractivity contribution in [2.75, 3.05) is 17.1 Å². The molecule has 42 heavy (non-hydrogen) atoms. The monoisotopic (exact) mass is 629 g/mol. The fraction of sp³-hybridized carbons (Fsp3) is 0.375. The number of hydrogen-bond acceptors (Lipinski definition) is 4. The average Bonchev–Trinajstić information content (AvgIpc) is 3.46.